The zero-order valence-corrected chi connectivity index (χ0v) is 21.9. The molecule has 0 fully saturated rings. The van der Waals surface area contributed by atoms with E-state index in [-0.39, 0.29) is 24.4 Å². The van der Waals surface area contributed by atoms with Gasteiger partial charge in [-0.15, -0.1) is 5.10 Å². The SMILES string of the molecule is C.C[C@H](NC(=O)c1c(N)nn2cccnc12)c1nc2cccc(C#Cc3cccnc3)c2c(=O)n1CCc1cnc[nH]1. The molecule has 12 nitrogen and oxygen atoms in total. The maximum absolute atomic E-state index is 14.0. The number of nitrogens with two attached hydrogens (primary N) is 1. The molecule has 0 bridgehead atoms. The maximum atomic E-state index is 14.0. The van der Waals surface area contributed by atoms with Gasteiger partial charge in [-0.25, -0.2) is 19.5 Å². The van der Waals surface area contributed by atoms with E-state index in [1.807, 2.05) is 6.07 Å². The lowest BCUT2D eigenvalue weighted by Crippen LogP contribution is -2.34. The van der Waals surface area contributed by atoms with E-state index in [0.29, 0.717) is 40.9 Å². The lowest BCUT2D eigenvalue weighted by Gasteiger charge is -2.20. The van der Waals surface area contributed by atoms with E-state index in [9.17, 15) is 9.59 Å². The second-order valence-electron chi connectivity index (χ2n) is 9.29. The number of nitrogen functional groups attached to an aromatic ring is 1. The summed E-state index contributed by atoms with van der Waals surface area (Å²) in [4.78, 5) is 47.7. The van der Waals surface area contributed by atoms with Crippen molar-refractivity contribution in [1.82, 2.24) is 44.4 Å². The van der Waals surface area contributed by atoms with Gasteiger partial charge in [0, 0.05) is 60.8 Å². The molecule has 6 rings (SSSR count). The molecule has 0 unspecified atom stereocenters. The van der Waals surface area contributed by atoms with Gasteiger partial charge in [-0.1, -0.05) is 25.3 Å². The lowest BCUT2D eigenvalue weighted by atomic mass is 10.1. The quantitative estimate of drug-likeness (QED) is 0.262. The number of carbonyl (C=O) groups is 1. The van der Waals surface area contributed by atoms with Crippen LogP contribution >= 0.6 is 0 Å². The van der Waals surface area contributed by atoms with Gasteiger partial charge in [0.2, 0.25) is 0 Å². The van der Waals surface area contributed by atoms with E-state index in [0.717, 1.165) is 11.3 Å². The third-order valence-electron chi connectivity index (χ3n) is 6.56. The van der Waals surface area contributed by atoms with Crippen LogP contribution in [0.5, 0.6) is 0 Å². The number of hydrogen-bond acceptors (Lipinski definition) is 8. The summed E-state index contributed by atoms with van der Waals surface area (Å²) >= 11 is 0. The van der Waals surface area contributed by atoms with Gasteiger partial charge < -0.3 is 16.0 Å². The number of carbonyl (C=O) groups excluding carboxylic acids is 1. The number of aromatic amines is 1. The maximum Gasteiger partial charge on any atom is 0.262 e. The molecule has 5 aromatic heterocycles. The molecule has 42 heavy (non-hydrogen) atoms. The Balaban J connectivity index is 0.00000353. The van der Waals surface area contributed by atoms with Crippen LogP contribution in [0.2, 0.25) is 0 Å². The van der Waals surface area contributed by atoms with Crippen LogP contribution < -0.4 is 16.6 Å². The Morgan fingerprint density at radius 2 is 2.00 bits per heavy atom. The van der Waals surface area contributed by atoms with Gasteiger partial charge >= 0.3 is 0 Å². The van der Waals surface area contributed by atoms with Crippen LogP contribution in [0.15, 0.2) is 78.5 Å². The first-order chi connectivity index (χ1) is 20.0. The van der Waals surface area contributed by atoms with Gasteiger partial charge in [0.05, 0.1) is 23.3 Å². The number of H-pyrrole nitrogens is 1. The summed E-state index contributed by atoms with van der Waals surface area (Å²) in [6.07, 6.45) is 10.3. The molecule has 6 aromatic rings. The molecule has 12 heteroatoms. The van der Waals surface area contributed by atoms with Crippen molar-refractivity contribution in [3.8, 4) is 11.8 Å². The van der Waals surface area contributed by atoms with Crippen molar-refractivity contribution in [2.75, 3.05) is 5.73 Å². The molecule has 0 saturated heterocycles. The molecule has 1 amide bonds. The molecule has 0 saturated carbocycles. The number of fused-ring (bicyclic) bond motifs is 2. The first-order valence-electron chi connectivity index (χ1n) is 12.8. The van der Waals surface area contributed by atoms with Gasteiger partial charge in [-0.05, 0) is 37.3 Å². The molecule has 1 atom stereocenters. The molecule has 0 aliphatic heterocycles. The fourth-order valence-corrected chi connectivity index (χ4v) is 4.62. The predicted molar refractivity (Wildman–Crippen MR) is 159 cm³/mol. The first kappa shape index (κ1) is 27.7. The Morgan fingerprint density at radius 3 is 2.79 bits per heavy atom. The number of nitrogens with zero attached hydrogens (tertiary/aromatic N) is 7. The van der Waals surface area contributed by atoms with Crippen molar-refractivity contribution >= 4 is 28.3 Å². The largest absolute Gasteiger partial charge is 0.381 e. The van der Waals surface area contributed by atoms with Crippen molar-refractivity contribution in [3.05, 3.63) is 112 Å². The van der Waals surface area contributed by atoms with Crippen molar-refractivity contribution in [3.63, 3.8) is 0 Å². The van der Waals surface area contributed by atoms with Crippen LogP contribution in [-0.4, -0.2) is 45.0 Å². The smallest absolute Gasteiger partial charge is 0.262 e. The summed E-state index contributed by atoms with van der Waals surface area (Å²) in [6, 6.07) is 10.0. The van der Waals surface area contributed by atoms with Gasteiger partial charge in [-0.3, -0.25) is 19.1 Å². The minimum atomic E-state index is -0.662. The second kappa shape index (κ2) is 11.7. The van der Waals surface area contributed by atoms with E-state index < -0.39 is 11.9 Å². The number of rotatable bonds is 6. The zero-order valence-electron chi connectivity index (χ0n) is 21.9. The third kappa shape index (κ3) is 5.31. The highest BCUT2D eigenvalue weighted by molar-refractivity contribution is 6.04. The number of pyridine rings is 1. The van der Waals surface area contributed by atoms with E-state index in [2.05, 4.69) is 42.2 Å². The average molecular weight is 561 g/mol. The Hall–Kier alpha value is -5.83. The summed E-state index contributed by atoms with van der Waals surface area (Å²) in [6.45, 7) is 2.06. The number of benzene rings is 1. The van der Waals surface area contributed by atoms with Crippen molar-refractivity contribution < 1.29 is 4.79 Å². The topological polar surface area (TPSA) is 162 Å². The molecule has 5 heterocycles. The van der Waals surface area contributed by atoms with Crippen LogP contribution in [0.1, 0.15) is 53.4 Å². The van der Waals surface area contributed by atoms with E-state index in [1.54, 1.807) is 79.1 Å². The van der Waals surface area contributed by atoms with Crippen LogP contribution in [0.25, 0.3) is 16.6 Å². The number of imidazole rings is 1. The third-order valence-corrected chi connectivity index (χ3v) is 6.56. The highest BCUT2D eigenvalue weighted by Crippen LogP contribution is 2.20. The zero-order chi connectivity index (χ0) is 28.3. The summed E-state index contributed by atoms with van der Waals surface area (Å²) in [7, 11) is 0. The Bertz CT molecular complexity index is 2000. The summed E-state index contributed by atoms with van der Waals surface area (Å²) in [5.41, 5.74) is 8.87. The van der Waals surface area contributed by atoms with E-state index >= 15 is 0 Å². The average Bonchev–Trinajstić information content (AvgIpc) is 3.62. The van der Waals surface area contributed by atoms with Crippen molar-refractivity contribution in [2.45, 2.75) is 33.4 Å². The van der Waals surface area contributed by atoms with Crippen molar-refractivity contribution in [2.24, 2.45) is 0 Å². The predicted octanol–water partition coefficient (Wildman–Crippen LogP) is 2.91. The van der Waals surface area contributed by atoms with Gasteiger partial charge in [0.15, 0.2) is 11.5 Å². The minimum absolute atomic E-state index is 0. The Morgan fingerprint density at radius 1 is 1.12 bits per heavy atom. The number of aryl methyl sites for hydroxylation is 1. The van der Waals surface area contributed by atoms with Crippen LogP contribution in [0.3, 0.4) is 0 Å². The van der Waals surface area contributed by atoms with Crippen LogP contribution in [-0.2, 0) is 13.0 Å². The molecule has 1 aromatic carbocycles. The lowest BCUT2D eigenvalue weighted by molar-refractivity contribution is 0.0939. The normalized spacial score (nSPS) is 11.5. The molecule has 210 valence electrons. The van der Waals surface area contributed by atoms with Crippen molar-refractivity contribution in [1.29, 1.82) is 0 Å². The number of aromatic nitrogens is 8. The number of hydrogen-bond donors (Lipinski definition) is 3. The molecule has 0 aliphatic carbocycles. The minimum Gasteiger partial charge on any atom is -0.381 e. The summed E-state index contributed by atoms with van der Waals surface area (Å²) in [5, 5.41) is 7.49. The number of nitrogens with one attached hydrogen (secondary N) is 2. The summed E-state index contributed by atoms with van der Waals surface area (Å²) in [5.74, 6) is 6.13. The first-order valence-corrected chi connectivity index (χ1v) is 12.8. The highest BCUT2D eigenvalue weighted by Gasteiger charge is 2.24. The summed E-state index contributed by atoms with van der Waals surface area (Å²) < 4.78 is 3.01. The van der Waals surface area contributed by atoms with E-state index in [1.165, 1.54) is 4.52 Å². The Labute approximate surface area is 240 Å². The number of amides is 1. The van der Waals surface area contributed by atoms with Gasteiger partial charge in [-0.2, -0.15) is 0 Å². The molecular weight excluding hydrogens is 532 g/mol. The fourth-order valence-electron chi connectivity index (χ4n) is 4.62. The number of anilines is 1. The highest BCUT2D eigenvalue weighted by atomic mass is 16.2. The molecule has 0 aliphatic rings. The van der Waals surface area contributed by atoms with Gasteiger partial charge in [0.1, 0.15) is 11.4 Å². The second-order valence-corrected chi connectivity index (χ2v) is 9.29. The van der Waals surface area contributed by atoms with Crippen LogP contribution in [0, 0.1) is 11.8 Å². The molecular formula is C30H28N10O2. The van der Waals surface area contributed by atoms with E-state index in [4.69, 9.17) is 10.7 Å². The molecule has 0 spiro atoms. The monoisotopic (exact) mass is 560 g/mol. The van der Waals surface area contributed by atoms with Gasteiger partial charge in [0.25, 0.3) is 11.5 Å². The fraction of sp³-hybridized carbons (Fsp3) is 0.167. The van der Waals surface area contributed by atoms with Crippen LogP contribution in [0.4, 0.5) is 5.82 Å². The molecule has 4 N–H and O–H groups in total. The molecule has 0 radical (unpaired) electrons. The Kier molecular flexibility index (Phi) is 7.74. The standard InChI is InChI=1S/C29H24N10O2.CH4/c1-18(35-28(40)24-25(30)37-39-13-4-12-33-27(24)39)26-36-22-7-2-6-20(9-8-19-5-3-11-31-15-19)23(22)29(41)38(26)14-10-21-16-32-17-34-21;/h2-7,11-13,15-18H,10,14H2,1H3,(H2,30,37)(H,32,34)(H,35,40);1H4/t18-;/m0./s1.